The van der Waals surface area contributed by atoms with Crippen molar-refractivity contribution in [2.75, 3.05) is 24.5 Å². The quantitative estimate of drug-likeness (QED) is 0.658. The van der Waals surface area contributed by atoms with E-state index in [-0.39, 0.29) is 16.7 Å². The third-order valence-corrected chi connectivity index (χ3v) is 8.37. The molecule has 2 aromatic carbocycles. The summed E-state index contributed by atoms with van der Waals surface area (Å²) in [6, 6.07) is 14.3. The normalized spacial score (nSPS) is 17.8. The van der Waals surface area contributed by atoms with Crippen molar-refractivity contribution in [1.29, 1.82) is 0 Å². The maximum absolute atomic E-state index is 13.1. The average Bonchev–Trinajstić information content (AvgIpc) is 3.38. The molecule has 1 saturated heterocycles. The fraction of sp³-hybridized carbons (Fsp3) is 0.333. The predicted octanol–water partition coefficient (Wildman–Crippen LogP) is 3.57. The maximum Gasteiger partial charge on any atom is 0.258 e. The van der Waals surface area contributed by atoms with Gasteiger partial charge in [0.1, 0.15) is 5.82 Å². The molecule has 1 aromatic heterocycles. The molecule has 0 saturated carbocycles. The molecule has 2 aliphatic heterocycles. The summed E-state index contributed by atoms with van der Waals surface area (Å²) in [4.78, 5) is 22.6. The van der Waals surface area contributed by atoms with Gasteiger partial charge in [-0.25, -0.2) is 13.4 Å². The number of hydrogen-bond donors (Lipinski definition) is 1. The van der Waals surface area contributed by atoms with Gasteiger partial charge in [0.05, 0.1) is 4.90 Å². The highest BCUT2D eigenvalue weighted by molar-refractivity contribution is 7.89. The second-order valence-electron chi connectivity index (χ2n) is 8.37. The number of H-pyrrole nitrogens is 1. The molecular weight excluding hydrogens is 424 g/mol. The Bertz CT molecular complexity index is 1200. The number of piperidine rings is 1. The number of anilines is 1. The highest BCUT2D eigenvalue weighted by Crippen LogP contribution is 2.30. The van der Waals surface area contributed by atoms with Crippen LogP contribution in [0.5, 0.6) is 0 Å². The van der Waals surface area contributed by atoms with E-state index in [0.717, 1.165) is 37.2 Å². The number of aryl methyl sites for hydroxylation is 1. The van der Waals surface area contributed by atoms with E-state index in [1.54, 1.807) is 41.6 Å². The minimum atomic E-state index is -3.59. The van der Waals surface area contributed by atoms with Crippen LogP contribution in [0, 0.1) is 0 Å². The van der Waals surface area contributed by atoms with Crippen LogP contribution in [0.1, 0.15) is 46.9 Å². The van der Waals surface area contributed by atoms with Crippen molar-refractivity contribution in [3.63, 3.8) is 0 Å². The highest BCUT2D eigenvalue weighted by atomic mass is 32.2. The number of sulfonamides is 1. The van der Waals surface area contributed by atoms with Gasteiger partial charge in [-0.05, 0) is 61.6 Å². The molecule has 2 aliphatic rings. The standard InChI is InChI=1S/C24H26N4O3S/c29-24(28-15-3-5-18-4-1-2-6-22(18)28)20-7-9-21(10-8-20)32(30,31)27-16-11-19(12-17-27)23-25-13-14-26-23/h1-2,4,6-10,13-14,19H,3,5,11-12,15-17H2,(H,25,26). The van der Waals surface area contributed by atoms with Crippen molar-refractivity contribution in [1.82, 2.24) is 14.3 Å². The molecule has 1 amide bonds. The van der Waals surface area contributed by atoms with Crippen molar-refractivity contribution in [2.45, 2.75) is 36.5 Å². The van der Waals surface area contributed by atoms with Crippen LogP contribution in [0.15, 0.2) is 65.8 Å². The molecule has 166 valence electrons. The number of para-hydroxylation sites is 1. The zero-order chi connectivity index (χ0) is 22.1. The summed E-state index contributed by atoms with van der Waals surface area (Å²) < 4.78 is 27.8. The number of aromatic nitrogens is 2. The number of fused-ring (bicyclic) bond motifs is 1. The topological polar surface area (TPSA) is 86.4 Å². The number of nitrogens with zero attached hydrogens (tertiary/aromatic N) is 3. The Labute approximate surface area is 188 Å². The summed E-state index contributed by atoms with van der Waals surface area (Å²) in [5, 5.41) is 0. The van der Waals surface area contributed by atoms with E-state index in [0.29, 0.717) is 25.2 Å². The van der Waals surface area contributed by atoms with Crippen LogP contribution in [-0.4, -0.2) is 48.2 Å². The van der Waals surface area contributed by atoms with Crippen LogP contribution in [0.4, 0.5) is 5.69 Å². The molecule has 0 radical (unpaired) electrons. The van der Waals surface area contributed by atoms with Crippen molar-refractivity contribution >= 4 is 21.6 Å². The van der Waals surface area contributed by atoms with E-state index >= 15 is 0 Å². The Morgan fingerprint density at radius 3 is 2.47 bits per heavy atom. The van der Waals surface area contributed by atoms with Crippen LogP contribution in [0.3, 0.4) is 0 Å². The predicted molar refractivity (Wildman–Crippen MR) is 122 cm³/mol. The number of hydrogen-bond acceptors (Lipinski definition) is 4. The summed E-state index contributed by atoms with van der Waals surface area (Å²) in [5.41, 5.74) is 2.61. The number of benzene rings is 2. The Morgan fingerprint density at radius 1 is 1.00 bits per heavy atom. The lowest BCUT2D eigenvalue weighted by Crippen LogP contribution is -2.38. The Morgan fingerprint density at radius 2 is 1.75 bits per heavy atom. The number of aromatic amines is 1. The van der Waals surface area contributed by atoms with E-state index in [9.17, 15) is 13.2 Å². The minimum Gasteiger partial charge on any atom is -0.348 e. The molecular formula is C24H26N4O3S. The smallest absolute Gasteiger partial charge is 0.258 e. The van der Waals surface area contributed by atoms with E-state index in [1.165, 1.54) is 9.87 Å². The fourth-order valence-corrected chi connectivity index (χ4v) is 6.16. The third kappa shape index (κ3) is 3.84. The summed E-state index contributed by atoms with van der Waals surface area (Å²) in [7, 11) is -3.59. The average molecular weight is 451 g/mol. The zero-order valence-corrected chi connectivity index (χ0v) is 18.6. The summed E-state index contributed by atoms with van der Waals surface area (Å²) >= 11 is 0. The first-order valence-corrected chi connectivity index (χ1v) is 12.5. The second-order valence-corrected chi connectivity index (χ2v) is 10.3. The van der Waals surface area contributed by atoms with Crippen LogP contribution < -0.4 is 4.90 Å². The van der Waals surface area contributed by atoms with Crippen molar-refractivity contribution in [2.24, 2.45) is 0 Å². The van der Waals surface area contributed by atoms with Crippen molar-refractivity contribution in [3.8, 4) is 0 Å². The molecule has 1 N–H and O–H groups in total. The number of nitrogens with one attached hydrogen (secondary N) is 1. The van der Waals surface area contributed by atoms with E-state index in [4.69, 9.17) is 0 Å². The van der Waals surface area contributed by atoms with Crippen molar-refractivity contribution < 1.29 is 13.2 Å². The van der Waals surface area contributed by atoms with Crippen LogP contribution in [0.25, 0.3) is 0 Å². The number of rotatable bonds is 4. The summed E-state index contributed by atoms with van der Waals surface area (Å²) in [5.74, 6) is 1.08. The largest absolute Gasteiger partial charge is 0.348 e. The van der Waals surface area contributed by atoms with Gasteiger partial charge in [0.2, 0.25) is 10.0 Å². The van der Waals surface area contributed by atoms with Gasteiger partial charge in [0.25, 0.3) is 5.91 Å². The van der Waals surface area contributed by atoms with Gasteiger partial charge in [0, 0.05) is 49.2 Å². The van der Waals surface area contributed by atoms with Gasteiger partial charge in [-0.1, -0.05) is 18.2 Å². The van der Waals surface area contributed by atoms with Gasteiger partial charge in [-0.3, -0.25) is 4.79 Å². The summed E-state index contributed by atoms with van der Waals surface area (Å²) in [6.45, 7) is 1.58. The second kappa shape index (κ2) is 8.52. The Balaban J connectivity index is 1.30. The van der Waals surface area contributed by atoms with Crippen LogP contribution >= 0.6 is 0 Å². The zero-order valence-electron chi connectivity index (χ0n) is 17.8. The van der Waals surface area contributed by atoms with Gasteiger partial charge in [-0.15, -0.1) is 0 Å². The maximum atomic E-state index is 13.1. The molecule has 0 unspecified atom stereocenters. The number of carbonyl (C=O) groups excluding carboxylic acids is 1. The molecule has 0 atom stereocenters. The van der Waals surface area contributed by atoms with E-state index < -0.39 is 10.0 Å². The lowest BCUT2D eigenvalue weighted by molar-refractivity contribution is 0.0985. The Kier molecular flexibility index (Phi) is 5.57. The van der Waals surface area contributed by atoms with Crippen LogP contribution in [-0.2, 0) is 16.4 Å². The molecule has 8 heteroatoms. The molecule has 5 rings (SSSR count). The first-order chi connectivity index (χ1) is 15.5. The molecule has 0 spiro atoms. The lowest BCUT2D eigenvalue weighted by Gasteiger charge is -2.30. The summed E-state index contributed by atoms with van der Waals surface area (Å²) in [6.07, 6.45) is 6.87. The lowest BCUT2D eigenvalue weighted by atomic mass is 9.98. The van der Waals surface area contributed by atoms with E-state index in [1.807, 2.05) is 18.2 Å². The molecule has 7 nitrogen and oxygen atoms in total. The molecule has 1 fully saturated rings. The van der Waals surface area contributed by atoms with Gasteiger partial charge >= 0.3 is 0 Å². The fourth-order valence-electron chi connectivity index (χ4n) is 4.69. The highest BCUT2D eigenvalue weighted by Gasteiger charge is 2.31. The molecule has 3 heterocycles. The number of carbonyl (C=O) groups is 1. The minimum absolute atomic E-state index is 0.0969. The SMILES string of the molecule is O=C(c1ccc(S(=O)(=O)N2CCC(c3ncc[nH]3)CC2)cc1)N1CCCc2ccccc21. The van der Waals surface area contributed by atoms with Crippen molar-refractivity contribution in [3.05, 3.63) is 77.9 Å². The molecule has 3 aromatic rings. The van der Waals surface area contributed by atoms with E-state index in [2.05, 4.69) is 16.0 Å². The number of imidazole rings is 1. The third-order valence-electron chi connectivity index (χ3n) is 6.45. The van der Waals surface area contributed by atoms with Gasteiger partial charge in [0.15, 0.2) is 0 Å². The molecule has 32 heavy (non-hydrogen) atoms. The van der Waals surface area contributed by atoms with Gasteiger partial charge in [-0.2, -0.15) is 4.31 Å². The first-order valence-electron chi connectivity index (χ1n) is 11.0. The molecule has 0 aliphatic carbocycles. The van der Waals surface area contributed by atoms with Crippen LogP contribution in [0.2, 0.25) is 0 Å². The monoisotopic (exact) mass is 450 g/mol. The first kappa shape index (κ1) is 20.9. The Hall–Kier alpha value is -2.97. The molecule has 0 bridgehead atoms. The number of amides is 1. The van der Waals surface area contributed by atoms with Gasteiger partial charge < -0.3 is 9.88 Å².